The van der Waals surface area contributed by atoms with E-state index in [2.05, 4.69) is 54.7 Å². The van der Waals surface area contributed by atoms with Crippen molar-refractivity contribution in [2.75, 3.05) is 11.4 Å². The molecule has 3 nitrogen and oxygen atoms in total. The SMILES string of the molecule is CC1c2ccsc2CCN1c1nc(CNC(C)(C)C)cs1. The zero-order valence-corrected chi connectivity index (χ0v) is 14.8. The third kappa shape index (κ3) is 3.30. The average Bonchev–Trinajstić information content (AvgIpc) is 3.04. The molecule has 3 heterocycles. The van der Waals surface area contributed by atoms with E-state index in [-0.39, 0.29) is 5.54 Å². The predicted molar refractivity (Wildman–Crippen MR) is 92.5 cm³/mol. The monoisotopic (exact) mass is 321 g/mol. The maximum absolute atomic E-state index is 4.83. The van der Waals surface area contributed by atoms with Crippen LogP contribution in [0, 0.1) is 0 Å². The van der Waals surface area contributed by atoms with Crippen LogP contribution in [0.1, 0.15) is 49.9 Å². The van der Waals surface area contributed by atoms with Crippen molar-refractivity contribution in [3.8, 4) is 0 Å². The number of nitrogens with one attached hydrogen (secondary N) is 1. The van der Waals surface area contributed by atoms with Crippen LogP contribution in [-0.4, -0.2) is 17.1 Å². The molecule has 0 spiro atoms. The number of thiophene rings is 1. The number of fused-ring (bicyclic) bond motifs is 1. The summed E-state index contributed by atoms with van der Waals surface area (Å²) < 4.78 is 0. The lowest BCUT2D eigenvalue weighted by Crippen LogP contribution is -2.35. The number of aromatic nitrogens is 1. The van der Waals surface area contributed by atoms with Gasteiger partial charge in [-0.2, -0.15) is 0 Å². The van der Waals surface area contributed by atoms with Crippen LogP contribution < -0.4 is 10.2 Å². The normalized spacial score (nSPS) is 18.9. The van der Waals surface area contributed by atoms with Gasteiger partial charge in [0.15, 0.2) is 5.13 Å². The predicted octanol–water partition coefficient (Wildman–Crippen LogP) is 4.22. The summed E-state index contributed by atoms with van der Waals surface area (Å²) in [4.78, 5) is 8.82. The molecule has 1 unspecified atom stereocenters. The maximum atomic E-state index is 4.83. The van der Waals surface area contributed by atoms with Gasteiger partial charge in [-0.15, -0.1) is 22.7 Å². The number of hydrogen-bond donors (Lipinski definition) is 1. The summed E-state index contributed by atoms with van der Waals surface area (Å²) in [5.41, 5.74) is 2.76. The van der Waals surface area contributed by atoms with E-state index in [0.29, 0.717) is 6.04 Å². The van der Waals surface area contributed by atoms with Crippen molar-refractivity contribution < 1.29 is 0 Å². The number of nitrogens with zero attached hydrogens (tertiary/aromatic N) is 2. The van der Waals surface area contributed by atoms with Gasteiger partial charge in [-0.25, -0.2) is 4.98 Å². The summed E-state index contributed by atoms with van der Waals surface area (Å²) in [6, 6.07) is 2.71. The lowest BCUT2D eigenvalue weighted by Gasteiger charge is -2.33. The standard InChI is InChI=1S/C16H23N3S2/c1-11-13-6-8-20-14(13)5-7-19(11)15-18-12(10-21-15)9-17-16(2,3)4/h6,8,10-11,17H,5,7,9H2,1-4H3. The Morgan fingerprint density at radius 2 is 2.19 bits per heavy atom. The first kappa shape index (κ1) is 15.0. The van der Waals surface area contributed by atoms with Crippen LogP contribution in [0.4, 0.5) is 5.13 Å². The maximum Gasteiger partial charge on any atom is 0.186 e. The molecular weight excluding hydrogens is 298 g/mol. The minimum Gasteiger partial charge on any atom is -0.341 e. The number of anilines is 1. The highest BCUT2D eigenvalue weighted by Crippen LogP contribution is 2.37. The first-order chi connectivity index (χ1) is 9.94. The quantitative estimate of drug-likeness (QED) is 0.917. The molecule has 1 atom stereocenters. The largest absolute Gasteiger partial charge is 0.341 e. The van der Waals surface area contributed by atoms with E-state index in [1.54, 1.807) is 16.2 Å². The van der Waals surface area contributed by atoms with Gasteiger partial charge in [0, 0.05) is 28.9 Å². The van der Waals surface area contributed by atoms with Crippen molar-refractivity contribution in [3.63, 3.8) is 0 Å². The molecule has 5 heteroatoms. The molecule has 0 radical (unpaired) electrons. The molecule has 1 aliphatic heterocycles. The van der Waals surface area contributed by atoms with E-state index in [1.807, 2.05) is 11.3 Å². The zero-order valence-electron chi connectivity index (χ0n) is 13.1. The number of thiazole rings is 1. The average molecular weight is 322 g/mol. The molecule has 0 aliphatic carbocycles. The van der Waals surface area contributed by atoms with Crippen LogP contribution in [0.15, 0.2) is 16.8 Å². The molecule has 0 aromatic carbocycles. The Bertz CT molecular complexity index is 609. The van der Waals surface area contributed by atoms with Gasteiger partial charge in [-0.05, 0) is 51.1 Å². The second-order valence-electron chi connectivity index (χ2n) is 6.64. The summed E-state index contributed by atoms with van der Waals surface area (Å²) in [6.45, 7) is 10.8. The topological polar surface area (TPSA) is 28.2 Å². The summed E-state index contributed by atoms with van der Waals surface area (Å²) >= 11 is 3.65. The molecule has 2 aromatic heterocycles. The molecule has 0 fully saturated rings. The molecule has 1 N–H and O–H groups in total. The van der Waals surface area contributed by atoms with Gasteiger partial charge in [-0.3, -0.25) is 0 Å². The van der Waals surface area contributed by atoms with Crippen LogP contribution in [0.3, 0.4) is 0 Å². The molecule has 3 rings (SSSR count). The van der Waals surface area contributed by atoms with Gasteiger partial charge in [0.25, 0.3) is 0 Å². The van der Waals surface area contributed by atoms with Crippen LogP contribution in [0.2, 0.25) is 0 Å². The van der Waals surface area contributed by atoms with E-state index in [0.717, 1.165) is 30.3 Å². The minimum atomic E-state index is 0.133. The van der Waals surface area contributed by atoms with Crippen LogP contribution >= 0.6 is 22.7 Å². The third-order valence-corrected chi connectivity index (χ3v) is 5.79. The van der Waals surface area contributed by atoms with E-state index >= 15 is 0 Å². The molecule has 21 heavy (non-hydrogen) atoms. The Balaban J connectivity index is 1.72. The van der Waals surface area contributed by atoms with E-state index in [4.69, 9.17) is 4.98 Å². The molecular formula is C16H23N3S2. The fraction of sp³-hybridized carbons (Fsp3) is 0.562. The Morgan fingerprint density at radius 1 is 1.38 bits per heavy atom. The first-order valence-electron chi connectivity index (χ1n) is 7.46. The Morgan fingerprint density at radius 3 is 2.95 bits per heavy atom. The third-order valence-electron chi connectivity index (χ3n) is 3.86. The van der Waals surface area contributed by atoms with Crippen molar-refractivity contribution >= 4 is 27.8 Å². The highest BCUT2D eigenvalue weighted by atomic mass is 32.1. The van der Waals surface area contributed by atoms with Gasteiger partial charge in [0.05, 0.1) is 11.7 Å². The fourth-order valence-electron chi connectivity index (χ4n) is 2.64. The molecule has 114 valence electrons. The Labute approximate surface area is 135 Å². The van der Waals surface area contributed by atoms with Gasteiger partial charge in [0.2, 0.25) is 0 Å². The minimum absolute atomic E-state index is 0.133. The molecule has 2 aromatic rings. The second-order valence-corrected chi connectivity index (χ2v) is 8.48. The smallest absolute Gasteiger partial charge is 0.186 e. The van der Waals surface area contributed by atoms with Gasteiger partial charge in [-0.1, -0.05) is 0 Å². The highest BCUT2D eigenvalue weighted by Gasteiger charge is 2.26. The first-order valence-corrected chi connectivity index (χ1v) is 9.22. The van der Waals surface area contributed by atoms with Crippen molar-refractivity contribution in [1.29, 1.82) is 0 Å². The van der Waals surface area contributed by atoms with Crippen LogP contribution in [-0.2, 0) is 13.0 Å². The van der Waals surface area contributed by atoms with Crippen molar-refractivity contribution in [3.05, 3.63) is 33.0 Å². The molecule has 0 saturated heterocycles. The number of rotatable bonds is 3. The Kier molecular flexibility index (Phi) is 4.08. The van der Waals surface area contributed by atoms with Crippen molar-refractivity contribution in [2.45, 2.75) is 52.2 Å². The summed E-state index contributed by atoms with van der Waals surface area (Å²) in [5, 5.41) is 9.06. The zero-order chi connectivity index (χ0) is 15.0. The van der Waals surface area contributed by atoms with Crippen molar-refractivity contribution in [1.82, 2.24) is 10.3 Å². The lowest BCUT2D eigenvalue weighted by molar-refractivity contribution is 0.421. The molecule has 0 bridgehead atoms. The van der Waals surface area contributed by atoms with Crippen molar-refractivity contribution in [2.24, 2.45) is 0 Å². The second kappa shape index (κ2) is 5.71. The summed E-state index contributed by atoms with van der Waals surface area (Å²) in [7, 11) is 0. The van der Waals surface area contributed by atoms with E-state index < -0.39 is 0 Å². The van der Waals surface area contributed by atoms with Crippen LogP contribution in [0.25, 0.3) is 0 Å². The van der Waals surface area contributed by atoms with Gasteiger partial charge >= 0.3 is 0 Å². The van der Waals surface area contributed by atoms with Gasteiger partial charge < -0.3 is 10.2 Å². The molecule has 0 amide bonds. The highest BCUT2D eigenvalue weighted by molar-refractivity contribution is 7.13. The summed E-state index contributed by atoms with van der Waals surface area (Å²) in [5.74, 6) is 0. The van der Waals surface area contributed by atoms with Crippen LogP contribution in [0.5, 0.6) is 0 Å². The number of hydrogen-bond acceptors (Lipinski definition) is 5. The summed E-state index contributed by atoms with van der Waals surface area (Å²) in [6.07, 6.45) is 1.15. The molecule has 0 saturated carbocycles. The van der Waals surface area contributed by atoms with E-state index in [1.165, 1.54) is 5.56 Å². The fourth-order valence-corrected chi connectivity index (χ4v) is 4.53. The van der Waals surface area contributed by atoms with E-state index in [9.17, 15) is 0 Å². The Hall–Kier alpha value is -0.910. The van der Waals surface area contributed by atoms with Gasteiger partial charge in [0.1, 0.15) is 0 Å². The lowest BCUT2D eigenvalue weighted by atomic mass is 10.0. The molecule has 1 aliphatic rings.